The Kier molecular flexibility index (Phi) is 10.8. The number of halogens is 1. The zero-order chi connectivity index (χ0) is 22.1. The third-order valence-corrected chi connectivity index (χ3v) is 5.51. The van der Waals surface area contributed by atoms with Crippen LogP contribution in [0.25, 0.3) is 0 Å². The summed E-state index contributed by atoms with van der Waals surface area (Å²) in [5.41, 5.74) is 4.70. The molecule has 0 atom stereocenters. The Bertz CT molecular complexity index is 899. The number of amides is 1. The lowest BCUT2D eigenvalue weighted by atomic mass is 10.1. The Morgan fingerprint density at radius 3 is 2.47 bits per heavy atom. The topological polar surface area (TPSA) is 66.0 Å². The normalized spacial score (nSPS) is 13.7. The molecule has 6 nitrogen and oxygen atoms in total. The number of aliphatic imine (C=N–C) groups is 1. The molecule has 2 N–H and O–H groups in total. The Balaban J connectivity index is 0.00000363. The van der Waals surface area contributed by atoms with Gasteiger partial charge in [-0.3, -0.25) is 4.79 Å². The van der Waals surface area contributed by atoms with Gasteiger partial charge in [0.2, 0.25) is 5.91 Å². The van der Waals surface area contributed by atoms with Crippen LogP contribution in [0.5, 0.6) is 5.75 Å². The summed E-state index contributed by atoms with van der Waals surface area (Å²) in [5.74, 6) is 2.00. The highest BCUT2D eigenvalue weighted by Gasteiger charge is 2.19. The third kappa shape index (κ3) is 7.69. The number of guanidine groups is 1. The smallest absolute Gasteiger partial charge is 0.222 e. The molecule has 0 saturated carbocycles. The predicted octanol–water partition coefficient (Wildman–Crippen LogP) is 4.04. The molecule has 0 unspecified atom stereocenters. The number of nitrogens with zero attached hydrogens (tertiary/aromatic N) is 2. The molecule has 32 heavy (non-hydrogen) atoms. The lowest BCUT2D eigenvalue weighted by Gasteiger charge is -2.15. The van der Waals surface area contributed by atoms with Gasteiger partial charge in [-0.1, -0.05) is 36.4 Å². The maximum atomic E-state index is 11.8. The number of carbonyl (C=O) groups excluding carboxylic acids is 1. The fraction of sp³-hybridized carbons (Fsp3) is 0.440. The number of hydrogen-bond donors (Lipinski definition) is 2. The highest BCUT2D eigenvalue weighted by atomic mass is 127. The van der Waals surface area contributed by atoms with E-state index in [1.54, 1.807) is 7.11 Å². The first-order valence-corrected chi connectivity index (χ1v) is 11.1. The summed E-state index contributed by atoms with van der Waals surface area (Å²) in [5, 5.41) is 6.72. The van der Waals surface area contributed by atoms with Gasteiger partial charge in [0.05, 0.1) is 13.7 Å². The van der Waals surface area contributed by atoms with Gasteiger partial charge in [0, 0.05) is 32.6 Å². The van der Waals surface area contributed by atoms with Crippen molar-refractivity contribution in [3.8, 4) is 5.75 Å². The molecule has 7 heteroatoms. The average Bonchev–Trinajstić information content (AvgIpc) is 3.18. The van der Waals surface area contributed by atoms with Crippen LogP contribution in [0.4, 0.5) is 0 Å². The number of aryl methyl sites for hydroxylation is 1. The van der Waals surface area contributed by atoms with Crippen LogP contribution in [-0.2, 0) is 24.3 Å². The molecule has 1 heterocycles. The number of nitrogens with one attached hydrogen (secondary N) is 2. The van der Waals surface area contributed by atoms with Crippen LogP contribution in [0.1, 0.15) is 42.0 Å². The standard InChI is InChI=1S/C25H34N4O2.HI/c1-4-26-25(27-14-13-20-8-7-19(2)23(16-20)31-3)28-17-21-9-11-22(12-10-21)18-29-15-5-6-24(29)30;/h7-12,16H,4-6,13-15,17-18H2,1-3H3,(H2,26,27,28);1H. The average molecular weight is 550 g/mol. The fourth-order valence-corrected chi connectivity index (χ4v) is 3.70. The lowest BCUT2D eigenvalue weighted by molar-refractivity contribution is -0.128. The van der Waals surface area contributed by atoms with Gasteiger partial charge in [0.1, 0.15) is 5.75 Å². The molecule has 1 aliphatic rings. The quantitative estimate of drug-likeness (QED) is 0.281. The number of rotatable bonds is 9. The summed E-state index contributed by atoms with van der Waals surface area (Å²) >= 11 is 0. The van der Waals surface area contributed by atoms with Crippen molar-refractivity contribution >= 4 is 35.8 Å². The van der Waals surface area contributed by atoms with Crippen LogP contribution < -0.4 is 15.4 Å². The fourth-order valence-electron chi connectivity index (χ4n) is 3.70. The molecular weight excluding hydrogens is 515 g/mol. The molecule has 0 aromatic heterocycles. The minimum Gasteiger partial charge on any atom is -0.496 e. The number of carbonyl (C=O) groups is 1. The molecule has 0 radical (unpaired) electrons. The van der Waals surface area contributed by atoms with Gasteiger partial charge in [-0.2, -0.15) is 0 Å². The van der Waals surface area contributed by atoms with Crippen LogP contribution in [0.15, 0.2) is 47.5 Å². The Morgan fingerprint density at radius 1 is 1.09 bits per heavy atom. The molecule has 1 saturated heterocycles. The summed E-state index contributed by atoms with van der Waals surface area (Å²) in [4.78, 5) is 18.4. The highest BCUT2D eigenvalue weighted by molar-refractivity contribution is 14.0. The van der Waals surface area contributed by atoms with E-state index in [2.05, 4.69) is 66.9 Å². The van der Waals surface area contributed by atoms with Gasteiger partial charge in [0.15, 0.2) is 5.96 Å². The first kappa shape index (κ1) is 26.0. The molecule has 0 aliphatic carbocycles. The van der Waals surface area contributed by atoms with E-state index in [9.17, 15) is 4.79 Å². The van der Waals surface area contributed by atoms with E-state index in [0.29, 0.717) is 19.5 Å². The van der Waals surface area contributed by atoms with E-state index in [1.165, 1.54) is 11.1 Å². The number of methoxy groups -OCH3 is 1. The molecule has 3 rings (SSSR count). The summed E-state index contributed by atoms with van der Waals surface area (Å²) < 4.78 is 5.41. The van der Waals surface area contributed by atoms with Crippen molar-refractivity contribution in [1.29, 1.82) is 0 Å². The minimum absolute atomic E-state index is 0. The first-order valence-electron chi connectivity index (χ1n) is 11.1. The Labute approximate surface area is 208 Å². The maximum absolute atomic E-state index is 11.8. The highest BCUT2D eigenvalue weighted by Crippen LogP contribution is 2.19. The van der Waals surface area contributed by atoms with Crippen LogP contribution in [0, 0.1) is 6.92 Å². The molecule has 0 bridgehead atoms. The van der Waals surface area contributed by atoms with Gasteiger partial charge >= 0.3 is 0 Å². The van der Waals surface area contributed by atoms with Crippen LogP contribution in [0.3, 0.4) is 0 Å². The van der Waals surface area contributed by atoms with E-state index in [1.807, 2.05) is 4.90 Å². The second-order valence-electron chi connectivity index (χ2n) is 7.91. The molecule has 1 fully saturated rings. The summed E-state index contributed by atoms with van der Waals surface area (Å²) in [6.45, 7) is 7.91. The van der Waals surface area contributed by atoms with Gasteiger partial charge in [0.25, 0.3) is 0 Å². The number of ether oxygens (including phenoxy) is 1. The van der Waals surface area contributed by atoms with E-state index in [-0.39, 0.29) is 29.9 Å². The summed E-state index contributed by atoms with van der Waals surface area (Å²) in [7, 11) is 1.71. The molecule has 1 aliphatic heterocycles. The van der Waals surface area contributed by atoms with Crippen LogP contribution in [-0.4, -0.2) is 43.5 Å². The van der Waals surface area contributed by atoms with Crippen LogP contribution in [0.2, 0.25) is 0 Å². The van der Waals surface area contributed by atoms with E-state index in [0.717, 1.165) is 55.3 Å². The molecule has 2 aromatic rings. The van der Waals surface area contributed by atoms with Crippen molar-refractivity contribution in [1.82, 2.24) is 15.5 Å². The van der Waals surface area contributed by atoms with E-state index in [4.69, 9.17) is 9.73 Å². The maximum Gasteiger partial charge on any atom is 0.222 e. The SMILES string of the molecule is CCNC(=NCc1ccc(CN2CCCC2=O)cc1)NCCc1ccc(C)c(OC)c1.I. The monoisotopic (exact) mass is 550 g/mol. The molecule has 0 spiro atoms. The molecule has 1 amide bonds. The van der Waals surface area contributed by atoms with E-state index < -0.39 is 0 Å². The Hall–Kier alpha value is -2.29. The van der Waals surface area contributed by atoms with Crippen molar-refractivity contribution in [2.75, 3.05) is 26.7 Å². The zero-order valence-corrected chi connectivity index (χ0v) is 21.6. The van der Waals surface area contributed by atoms with Crippen molar-refractivity contribution in [2.24, 2.45) is 4.99 Å². The third-order valence-electron chi connectivity index (χ3n) is 5.51. The summed E-state index contributed by atoms with van der Waals surface area (Å²) in [6.07, 6.45) is 2.55. The van der Waals surface area contributed by atoms with Crippen molar-refractivity contribution < 1.29 is 9.53 Å². The molecule has 174 valence electrons. The molecule has 2 aromatic carbocycles. The van der Waals surface area contributed by atoms with E-state index >= 15 is 0 Å². The summed E-state index contributed by atoms with van der Waals surface area (Å²) in [6, 6.07) is 14.7. The van der Waals surface area contributed by atoms with Crippen molar-refractivity contribution in [2.45, 2.75) is 46.2 Å². The number of likely N-dealkylation sites (tertiary alicyclic amines) is 1. The predicted molar refractivity (Wildman–Crippen MR) is 141 cm³/mol. The second-order valence-corrected chi connectivity index (χ2v) is 7.91. The van der Waals surface area contributed by atoms with Crippen molar-refractivity contribution in [3.05, 3.63) is 64.7 Å². The minimum atomic E-state index is 0. The zero-order valence-electron chi connectivity index (χ0n) is 19.3. The Morgan fingerprint density at radius 2 is 1.81 bits per heavy atom. The van der Waals surface area contributed by atoms with Crippen LogP contribution >= 0.6 is 24.0 Å². The number of hydrogen-bond acceptors (Lipinski definition) is 3. The molecular formula is C25H35IN4O2. The number of benzene rings is 2. The second kappa shape index (κ2) is 13.3. The first-order chi connectivity index (χ1) is 15.1. The largest absolute Gasteiger partial charge is 0.496 e. The van der Waals surface area contributed by atoms with Gasteiger partial charge in [-0.25, -0.2) is 4.99 Å². The lowest BCUT2D eigenvalue weighted by Crippen LogP contribution is -2.38. The van der Waals surface area contributed by atoms with Crippen molar-refractivity contribution in [3.63, 3.8) is 0 Å². The van der Waals surface area contributed by atoms with Gasteiger partial charge in [-0.15, -0.1) is 24.0 Å². The van der Waals surface area contributed by atoms with Gasteiger partial charge in [-0.05, 0) is 55.0 Å². The van der Waals surface area contributed by atoms with Gasteiger partial charge < -0.3 is 20.3 Å².